The molecule has 0 saturated carbocycles. The van der Waals surface area contributed by atoms with Gasteiger partial charge < -0.3 is 15.1 Å². The Morgan fingerprint density at radius 2 is 1.86 bits per heavy atom. The summed E-state index contributed by atoms with van der Waals surface area (Å²) in [4.78, 5) is 33.3. The first-order valence-electron chi connectivity index (χ1n) is 12.2. The van der Waals surface area contributed by atoms with Crippen LogP contribution in [-0.2, 0) is 22.4 Å². The first-order chi connectivity index (χ1) is 16.7. The van der Waals surface area contributed by atoms with Gasteiger partial charge in [0.25, 0.3) is 0 Å². The predicted molar refractivity (Wildman–Crippen MR) is 149 cm³/mol. The highest BCUT2D eigenvalue weighted by molar-refractivity contribution is 6.30. The van der Waals surface area contributed by atoms with E-state index in [1.54, 1.807) is 21.9 Å². The number of carbonyl (C=O) groups excluding carboxylic acids is 2. The standard InChI is InChI=1S/C28H35ClN4O2.ClH/c1-19(2)7-6-12-31-27(34)17-33(26-16-24(30-4)11-8-20(26)3)18-28(35)32(5)25-14-21-9-10-23(29)13-22(21)15-25;/h8-11,13,16,19,25H,6-7,12,14-15,17-18H2,1-3,5H3,(H,31,34);1H. The summed E-state index contributed by atoms with van der Waals surface area (Å²) < 4.78 is 0. The van der Waals surface area contributed by atoms with E-state index in [9.17, 15) is 9.59 Å². The zero-order valence-corrected chi connectivity index (χ0v) is 23.1. The fourth-order valence-corrected chi connectivity index (χ4v) is 4.71. The lowest BCUT2D eigenvalue weighted by atomic mass is 10.1. The molecule has 0 heterocycles. The number of likely N-dealkylation sites (N-methyl/N-ethyl adjacent to an activating group) is 1. The van der Waals surface area contributed by atoms with Crippen LogP contribution >= 0.6 is 24.0 Å². The third kappa shape index (κ3) is 7.88. The van der Waals surface area contributed by atoms with Gasteiger partial charge in [0.05, 0.1) is 19.7 Å². The lowest BCUT2D eigenvalue weighted by Gasteiger charge is -2.30. The lowest BCUT2D eigenvalue weighted by molar-refractivity contribution is -0.130. The van der Waals surface area contributed by atoms with Crippen molar-refractivity contribution in [1.82, 2.24) is 10.2 Å². The van der Waals surface area contributed by atoms with Crippen LogP contribution in [0.1, 0.15) is 43.4 Å². The molecule has 0 saturated heterocycles. The molecule has 2 aromatic rings. The number of aryl methyl sites for hydroxylation is 1. The van der Waals surface area contributed by atoms with E-state index < -0.39 is 0 Å². The van der Waals surface area contributed by atoms with Gasteiger partial charge >= 0.3 is 0 Å². The minimum atomic E-state index is -0.125. The molecular formula is C28H36Cl2N4O2. The molecule has 0 aliphatic heterocycles. The summed E-state index contributed by atoms with van der Waals surface area (Å²) in [6.07, 6.45) is 3.52. The Bertz CT molecular complexity index is 1110. The second kappa shape index (κ2) is 13.5. The molecular weight excluding hydrogens is 495 g/mol. The van der Waals surface area contributed by atoms with Crippen LogP contribution in [0.5, 0.6) is 0 Å². The summed E-state index contributed by atoms with van der Waals surface area (Å²) in [5, 5.41) is 3.69. The molecule has 0 aromatic heterocycles. The predicted octanol–water partition coefficient (Wildman–Crippen LogP) is 5.61. The van der Waals surface area contributed by atoms with Crippen LogP contribution in [0.3, 0.4) is 0 Å². The molecule has 194 valence electrons. The van der Waals surface area contributed by atoms with E-state index in [4.69, 9.17) is 18.2 Å². The van der Waals surface area contributed by atoms with Crippen LogP contribution in [0.2, 0.25) is 5.02 Å². The minimum Gasteiger partial charge on any atom is -0.355 e. The maximum atomic E-state index is 13.4. The largest absolute Gasteiger partial charge is 0.355 e. The van der Waals surface area contributed by atoms with E-state index in [1.807, 2.05) is 38.2 Å². The van der Waals surface area contributed by atoms with E-state index in [-0.39, 0.29) is 43.4 Å². The second-order valence-corrected chi connectivity index (χ2v) is 10.2. The number of carbonyl (C=O) groups is 2. The molecule has 8 heteroatoms. The smallest absolute Gasteiger partial charge is 0.242 e. The van der Waals surface area contributed by atoms with Crippen molar-refractivity contribution < 1.29 is 9.59 Å². The average molecular weight is 532 g/mol. The number of fused-ring (bicyclic) bond motifs is 1. The lowest BCUT2D eigenvalue weighted by Crippen LogP contribution is -2.47. The number of rotatable bonds is 10. The van der Waals surface area contributed by atoms with Crippen LogP contribution in [0.25, 0.3) is 4.85 Å². The van der Waals surface area contributed by atoms with Gasteiger partial charge in [0.1, 0.15) is 0 Å². The van der Waals surface area contributed by atoms with Crippen LogP contribution < -0.4 is 10.2 Å². The van der Waals surface area contributed by atoms with Crippen molar-refractivity contribution in [2.24, 2.45) is 5.92 Å². The monoisotopic (exact) mass is 530 g/mol. The van der Waals surface area contributed by atoms with Gasteiger partial charge in [0.2, 0.25) is 11.8 Å². The molecule has 2 amide bonds. The van der Waals surface area contributed by atoms with Crippen molar-refractivity contribution in [3.8, 4) is 0 Å². The Hall–Kier alpha value is -2.75. The molecule has 1 aliphatic rings. The topological polar surface area (TPSA) is 57.0 Å². The number of amides is 2. The third-order valence-electron chi connectivity index (χ3n) is 6.62. The zero-order chi connectivity index (χ0) is 25.5. The van der Waals surface area contributed by atoms with Crippen molar-refractivity contribution in [2.45, 2.75) is 52.5 Å². The molecule has 3 rings (SSSR count). The van der Waals surface area contributed by atoms with E-state index in [0.29, 0.717) is 23.2 Å². The zero-order valence-electron chi connectivity index (χ0n) is 21.5. The molecule has 1 aliphatic carbocycles. The van der Waals surface area contributed by atoms with Crippen LogP contribution in [0.4, 0.5) is 11.4 Å². The summed E-state index contributed by atoms with van der Waals surface area (Å²) >= 11 is 6.15. The van der Waals surface area contributed by atoms with Gasteiger partial charge in [-0.15, -0.1) is 12.4 Å². The molecule has 6 nitrogen and oxygen atoms in total. The van der Waals surface area contributed by atoms with Gasteiger partial charge in [-0.05, 0) is 73.4 Å². The highest BCUT2D eigenvalue weighted by atomic mass is 35.5. The molecule has 0 radical (unpaired) electrons. The quantitative estimate of drug-likeness (QED) is 0.321. The van der Waals surface area contributed by atoms with Crippen molar-refractivity contribution in [1.29, 1.82) is 0 Å². The first-order valence-corrected chi connectivity index (χ1v) is 12.6. The Labute approximate surface area is 226 Å². The van der Waals surface area contributed by atoms with Gasteiger partial charge in [-0.2, -0.15) is 0 Å². The Morgan fingerprint density at radius 3 is 2.56 bits per heavy atom. The maximum absolute atomic E-state index is 13.4. The molecule has 1 atom stereocenters. The number of hydrogen-bond acceptors (Lipinski definition) is 3. The molecule has 0 fully saturated rings. The fourth-order valence-electron chi connectivity index (χ4n) is 4.52. The molecule has 1 unspecified atom stereocenters. The minimum absolute atomic E-state index is 0. The SMILES string of the molecule is Cl.[C-]#[N+]c1ccc(C)c(N(CC(=O)NCCCC(C)C)CC(=O)N(C)C2Cc3ccc(Cl)cc3C2)c1. The Balaban J connectivity index is 0.00000456. The van der Waals surface area contributed by atoms with Crippen molar-refractivity contribution in [2.75, 3.05) is 31.6 Å². The van der Waals surface area contributed by atoms with Crippen molar-refractivity contribution in [3.05, 3.63) is 69.5 Å². The fraction of sp³-hybridized carbons (Fsp3) is 0.464. The number of nitrogens with zero attached hydrogens (tertiary/aromatic N) is 3. The summed E-state index contributed by atoms with van der Waals surface area (Å²) in [5.41, 5.74) is 4.54. The van der Waals surface area contributed by atoms with Crippen molar-refractivity contribution in [3.63, 3.8) is 0 Å². The van der Waals surface area contributed by atoms with Gasteiger partial charge in [-0.3, -0.25) is 9.59 Å². The average Bonchev–Trinajstić information content (AvgIpc) is 3.24. The van der Waals surface area contributed by atoms with E-state index >= 15 is 0 Å². The molecule has 0 spiro atoms. The Kier molecular flexibility index (Phi) is 11.1. The summed E-state index contributed by atoms with van der Waals surface area (Å²) in [7, 11) is 1.83. The van der Waals surface area contributed by atoms with Gasteiger partial charge in [-0.1, -0.05) is 43.6 Å². The molecule has 2 aromatic carbocycles. The number of benzene rings is 2. The summed E-state index contributed by atoms with van der Waals surface area (Å²) in [6, 6.07) is 11.3. The molecule has 1 N–H and O–H groups in total. The summed E-state index contributed by atoms with van der Waals surface area (Å²) in [5.74, 6) is 0.405. The van der Waals surface area contributed by atoms with E-state index in [1.165, 1.54) is 11.1 Å². The number of anilines is 1. The highest BCUT2D eigenvalue weighted by Gasteiger charge is 2.29. The third-order valence-corrected chi connectivity index (χ3v) is 6.86. The maximum Gasteiger partial charge on any atom is 0.242 e. The summed E-state index contributed by atoms with van der Waals surface area (Å²) in [6.45, 7) is 14.4. The molecule has 36 heavy (non-hydrogen) atoms. The number of hydrogen-bond donors (Lipinski definition) is 1. The first kappa shape index (κ1) is 29.5. The second-order valence-electron chi connectivity index (χ2n) is 9.80. The van der Waals surface area contributed by atoms with Gasteiger partial charge in [0, 0.05) is 30.3 Å². The van der Waals surface area contributed by atoms with Crippen LogP contribution in [0, 0.1) is 19.4 Å². The van der Waals surface area contributed by atoms with Gasteiger partial charge in [-0.25, -0.2) is 4.85 Å². The normalized spacial score (nSPS) is 14.0. The van der Waals surface area contributed by atoms with Crippen molar-refractivity contribution >= 4 is 47.2 Å². The van der Waals surface area contributed by atoms with Gasteiger partial charge in [0.15, 0.2) is 5.69 Å². The van der Waals surface area contributed by atoms with Crippen LogP contribution in [-0.4, -0.2) is 49.4 Å². The highest BCUT2D eigenvalue weighted by Crippen LogP contribution is 2.29. The van der Waals surface area contributed by atoms with E-state index in [0.717, 1.165) is 36.9 Å². The van der Waals surface area contributed by atoms with E-state index in [2.05, 4.69) is 24.0 Å². The molecule has 0 bridgehead atoms. The van der Waals surface area contributed by atoms with Crippen LogP contribution in [0.15, 0.2) is 36.4 Å². The number of nitrogens with one attached hydrogen (secondary N) is 1. The Morgan fingerprint density at radius 1 is 1.14 bits per heavy atom. The number of halogens is 2.